The van der Waals surface area contributed by atoms with Crippen molar-refractivity contribution in [1.29, 1.82) is 0 Å². The second kappa shape index (κ2) is 7.68. The zero-order valence-electron chi connectivity index (χ0n) is 10.7. The number of hydrogen-bond acceptors (Lipinski definition) is 2. The molecule has 5 heteroatoms. The van der Waals surface area contributed by atoms with Crippen LogP contribution in [0.4, 0.5) is 5.69 Å². The van der Waals surface area contributed by atoms with Crippen LogP contribution in [0.3, 0.4) is 0 Å². The topological polar surface area (TPSA) is 46.2 Å². The Labute approximate surface area is 127 Å². The minimum absolute atomic E-state index is 0.201. The lowest BCUT2D eigenvalue weighted by atomic mass is 10.0. The maximum absolute atomic E-state index is 12.4. The van der Waals surface area contributed by atoms with E-state index in [1.807, 2.05) is 0 Å². The molecule has 1 aromatic rings. The lowest BCUT2D eigenvalue weighted by Gasteiger charge is -2.10. The monoisotopic (exact) mass is 309 g/mol. The number of alkyl halides is 1. The highest BCUT2D eigenvalue weighted by atomic mass is 35.5. The van der Waals surface area contributed by atoms with Crippen LogP contribution in [0, 0.1) is 0 Å². The van der Waals surface area contributed by atoms with Gasteiger partial charge < -0.3 is 5.32 Å². The Balaban J connectivity index is 3.27. The van der Waals surface area contributed by atoms with Crippen LogP contribution in [0.15, 0.2) is 55.2 Å². The van der Waals surface area contributed by atoms with E-state index in [9.17, 15) is 9.59 Å². The average Bonchev–Trinajstić information content (AvgIpc) is 2.45. The van der Waals surface area contributed by atoms with E-state index in [0.717, 1.165) is 0 Å². The number of hydrogen-bond donors (Lipinski definition) is 1. The lowest BCUT2D eigenvalue weighted by Crippen LogP contribution is -2.16. The predicted octanol–water partition coefficient (Wildman–Crippen LogP) is 4.00. The Kier molecular flexibility index (Phi) is 6.22. The second-order valence-electron chi connectivity index (χ2n) is 3.76. The van der Waals surface area contributed by atoms with Crippen molar-refractivity contribution in [2.75, 3.05) is 11.2 Å². The number of Topliss-reactive ketones (excluding diaryl/α,β-unsaturated/α-hetero) is 1. The van der Waals surface area contributed by atoms with Gasteiger partial charge in [-0.1, -0.05) is 43.0 Å². The number of halogens is 2. The molecule has 0 bridgehead atoms. The molecule has 0 aliphatic heterocycles. The van der Waals surface area contributed by atoms with Crippen molar-refractivity contribution in [1.82, 2.24) is 0 Å². The third-order valence-electron chi connectivity index (χ3n) is 2.40. The fourth-order valence-corrected chi connectivity index (χ4v) is 1.75. The summed E-state index contributed by atoms with van der Waals surface area (Å²) in [5.74, 6) is -0.921. The zero-order chi connectivity index (χ0) is 15.1. The van der Waals surface area contributed by atoms with Crippen molar-refractivity contribution >= 4 is 40.6 Å². The predicted molar refractivity (Wildman–Crippen MR) is 83.6 cm³/mol. The van der Waals surface area contributed by atoms with Gasteiger partial charge >= 0.3 is 0 Å². The molecular weight excluding hydrogens is 297 g/mol. The van der Waals surface area contributed by atoms with Gasteiger partial charge in [0, 0.05) is 16.2 Å². The van der Waals surface area contributed by atoms with Crippen molar-refractivity contribution in [2.45, 2.75) is 0 Å². The molecule has 0 spiro atoms. The Hall–Kier alpha value is -1.84. The molecule has 0 saturated carbocycles. The molecule has 20 heavy (non-hydrogen) atoms. The second-order valence-corrected chi connectivity index (χ2v) is 4.47. The van der Waals surface area contributed by atoms with E-state index in [4.69, 9.17) is 23.2 Å². The molecular formula is C15H13Cl2NO2. The Morgan fingerprint density at radius 2 is 2.00 bits per heavy atom. The number of ketones is 1. The summed E-state index contributed by atoms with van der Waals surface area (Å²) >= 11 is 11.3. The molecule has 0 radical (unpaired) electrons. The van der Waals surface area contributed by atoms with Crippen LogP contribution in [0.1, 0.15) is 10.4 Å². The van der Waals surface area contributed by atoms with Crippen molar-refractivity contribution in [3.05, 3.63) is 65.7 Å². The van der Waals surface area contributed by atoms with Gasteiger partial charge in [-0.25, -0.2) is 0 Å². The van der Waals surface area contributed by atoms with Crippen LogP contribution in [-0.2, 0) is 4.79 Å². The van der Waals surface area contributed by atoms with Crippen LogP contribution in [0.2, 0.25) is 5.02 Å². The summed E-state index contributed by atoms with van der Waals surface area (Å²) in [6.07, 6.45) is 4.43. The van der Waals surface area contributed by atoms with Gasteiger partial charge in [0.2, 0.25) is 5.91 Å². The Morgan fingerprint density at radius 3 is 2.55 bits per heavy atom. The van der Waals surface area contributed by atoms with Crippen LogP contribution >= 0.6 is 23.2 Å². The molecule has 0 atom stereocenters. The van der Waals surface area contributed by atoms with Crippen LogP contribution in [-0.4, -0.2) is 17.6 Å². The first-order valence-corrected chi connectivity index (χ1v) is 6.60. The molecule has 1 aromatic carbocycles. The highest BCUT2D eigenvalue weighted by molar-refractivity contribution is 6.32. The van der Waals surface area contributed by atoms with Gasteiger partial charge in [0.1, 0.15) is 5.88 Å². The fraction of sp³-hybridized carbons (Fsp3) is 0.0667. The van der Waals surface area contributed by atoms with Crippen LogP contribution in [0.25, 0.3) is 0 Å². The van der Waals surface area contributed by atoms with E-state index in [0.29, 0.717) is 16.3 Å². The maximum atomic E-state index is 12.4. The molecule has 0 aromatic heterocycles. The van der Waals surface area contributed by atoms with E-state index in [-0.39, 0.29) is 17.2 Å². The normalized spacial score (nSPS) is 10.8. The number of nitrogens with one attached hydrogen (secondary N) is 1. The maximum Gasteiger partial charge on any atom is 0.239 e. The van der Waals surface area contributed by atoms with Crippen molar-refractivity contribution in [3.63, 3.8) is 0 Å². The number of anilines is 1. The largest absolute Gasteiger partial charge is 0.324 e. The molecule has 1 amide bonds. The molecule has 0 saturated heterocycles. The summed E-state index contributed by atoms with van der Waals surface area (Å²) in [6, 6.07) is 4.61. The number of allylic oxidation sites excluding steroid dienone is 4. The number of amides is 1. The minimum Gasteiger partial charge on any atom is -0.324 e. The first-order chi connectivity index (χ1) is 9.53. The minimum atomic E-state index is -0.407. The third kappa shape index (κ3) is 4.08. The highest BCUT2D eigenvalue weighted by Crippen LogP contribution is 2.24. The quantitative estimate of drug-likeness (QED) is 0.374. The van der Waals surface area contributed by atoms with Gasteiger partial charge in [-0.3, -0.25) is 9.59 Å². The summed E-state index contributed by atoms with van der Waals surface area (Å²) in [7, 11) is 0. The average molecular weight is 310 g/mol. The van der Waals surface area contributed by atoms with E-state index in [2.05, 4.69) is 18.5 Å². The lowest BCUT2D eigenvalue weighted by molar-refractivity contribution is -0.113. The first-order valence-electron chi connectivity index (χ1n) is 5.68. The number of carbonyl (C=O) groups excluding carboxylic acids is 2. The number of carbonyl (C=O) groups is 2. The molecule has 104 valence electrons. The van der Waals surface area contributed by atoms with Crippen LogP contribution in [0.5, 0.6) is 0 Å². The van der Waals surface area contributed by atoms with E-state index in [1.54, 1.807) is 12.1 Å². The summed E-state index contributed by atoms with van der Waals surface area (Å²) in [4.78, 5) is 23.7. The fourth-order valence-electron chi connectivity index (χ4n) is 1.52. The van der Waals surface area contributed by atoms with Gasteiger partial charge in [-0.2, -0.15) is 0 Å². The van der Waals surface area contributed by atoms with Gasteiger partial charge in [0.05, 0.1) is 5.69 Å². The smallest absolute Gasteiger partial charge is 0.239 e. The molecule has 0 aliphatic rings. The Morgan fingerprint density at radius 1 is 1.30 bits per heavy atom. The Bertz CT molecular complexity index is 592. The molecule has 0 unspecified atom stereocenters. The molecule has 1 rings (SSSR count). The van der Waals surface area contributed by atoms with Gasteiger partial charge in [-0.05, 0) is 18.2 Å². The van der Waals surface area contributed by atoms with Crippen LogP contribution < -0.4 is 5.32 Å². The third-order valence-corrected chi connectivity index (χ3v) is 2.88. The van der Waals surface area contributed by atoms with Gasteiger partial charge in [0.25, 0.3) is 0 Å². The molecule has 3 nitrogen and oxygen atoms in total. The zero-order valence-corrected chi connectivity index (χ0v) is 12.2. The standard InChI is InChI=1S/C15H13Cl2NO2/c1-3-5-10(4-2)15(20)12-8-11(17)6-7-13(12)18-14(19)9-16/h3-8H,1-2,9H2,(H,18,19)/b10-5+. The van der Waals surface area contributed by atoms with Crippen molar-refractivity contribution < 1.29 is 9.59 Å². The number of benzene rings is 1. The van der Waals surface area contributed by atoms with E-state index in [1.165, 1.54) is 24.3 Å². The van der Waals surface area contributed by atoms with Gasteiger partial charge in [-0.15, -0.1) is 11.6 Å². The summed E-state index contributed by atoms with van der Waals surface area (Å²) in [6.45, 7) is 7.11. The molecule has 0 heterocycles. The van der Waals surface area contributed by atoms with E-state index < -0.39 is 5.91 Å². The summed E-state index contributed by atoms with van der Waals surface area (Å²) in [5.41, 5.74) is 0.967. The highest BCUT2D eigenvalue weighted by Gasteiger charge is 2.16. The van der Waals surface area contributed by atoms with Crippen molar-refractivity contribution in [3.8, 4) is 0 Å². The molecule has 1 N–H and O–H groups in total. The summed E-state index contributed by atoms with van der Waals surface area (Å²) in [5, 5.41) is 2.94. The van der Waals surface area contributed by atoms with Gasteiger partial charge in [0.15, 0.2) is 5.78 Å². The summed E-state index contributed by atoms with van der Waals surface area (Å²) < 4.78 is 0. The molecule has 0 fully saturated rings. The van der Waals surface area contributed by atoms with E-state index >= 15 is 0 Å². The first kappa shape index (κ1) is 16.2. The SMILES string of the molecule is C=C/C=C(\C=C)C(=O)c1cc(Cl)ccc1NC(=O)CCl. The number of rotatable bonds is 6. The van der Waals surface area contributed by atoms with Crippen molar-refractivity contribution in [2.24, 2.45) is 0 Å². The molecule has 0 aliphatic carbocycles.